The Kier molecular flexibility index (Phi) is 24.4. The summed E-state index contributed by atoms with van der Waals surface area (Å²) in [5.41, 5.74) is 33.4. The molecule has 25 heteroatoms. The number of carbonyl (C=O) groups excluding carboxylic acids is 7. The van der Waals surface area contributed by atoms with Gasteiger partial charge in [0.05, 0.1) is 12.6 Å². The number of unbranched alkanes of at least 4 members (excludes halogenated alkanes) is 1. The smallest absolute Gasteiger partial charge is 0.325 e. The Hall–Kier alpha value is -6.60. The van der Waals surface area contributed by atoms with Crippen LogP contribution in [-0.2, 0) is 44.8 Å². The minimum absolute atomic E-state index is 0.0180. The highest BCUT2D eigenvalue weighted by Gasteiger charge is 2.40. The molecule has 1 aliphatic heterocycles. The van der Waals surface area contributed by atoms with Crippen LogP contribution >= 0.6 is 0 Å². The number of aliphatic hydroxyl groups excluding tert-OH is 1. The predicted octanol–water partition coefficient (Wildman–Crippen LogP) is -5.19. The standard InChI is InChI=1S/C41H69N15O10/c1-23(39(65)66)50-33(59)28(15-9-19-49-41(46)47)53-36(62)30-16-10-20-56(30)38(64)29(21-25-11-4-3-5-12-25)54-37(63)32(24(2)57)55-35(61)27(13-6-7-17-42)52-34(60)26(51-31(58)22-43)14-8-18-48-40(44)45/h3-5,11-12,23-24,26-30,32,57H,6-10,13-22,42-43H2,1-2H3,(H,50,59)(H,51,58)(H,52,60)(H,53,62)(H,54,63)(H,55,61)(H,65,66)(H4,44,45,48)(H4,46,47,49)/t23-,24+,26-,27-,28-,29-,30-,32-/m0/s1. The summed E-state index contributed by atoms with van der Waals surface area (Å²) in [6, 6.07) is -0.382. The van der Waals surface area contributed by atoms with Gasteiger partial charge < -0.3 is 81.4 Å². The molecule has 368 valence electrons. The number of carboxylic acid groups (broad SMARTS) is 1. The van der Waals surface area contributed by atoms with E-state index in [1.54, 1.807) is 30.3 Å². The first-order chi connectivity index (χ1) is 31.3. The van der Waals surface area contributed by atoms with Crippen LogP contribution in [0, 0.1) is 0 Å². The fourth-order valence-electron chi connectivity index (χ4n) is 6.95. The number of aliphatic imine (C=N–C) groups is 2. The molecular formula is C41H69N15O10. The van der Waals surface area contributed by atoms with Gasteiger partial charge in [0.2, 0.25) is 41.4 Å². The number of aliphatic hydroxyl groups is 1. The molecule has 0 bridgehead atoms. The molecule has 1 saturated heterocycles. The van der Waals surface area contributed by atoms with E-state index in [9.17, 15) is 48.6 Å². The summed E-state index contributed by atoms with van der Waals surface area (Å²) in [4.78, 5) is 116. The number of nitrogens with two attached hydrogens (primary N) is 6. The Morgan fingerprint density at radius 1 is 0.697 bits per heavy atom. The highest BCUT2D eigenvalue weighted by molar-refractivity contribution is 5.98. The van der Waals surface area contributed by atoms with Gasteiger partial charge in [-0.3, -0.25) is 48.3 Å². The Morgan fingerprint density at radius 2 is 1.23 bits per heavy atom. The van der Waals surface area contributed by atoms with Gasteiger partial charge in [-0.1, -0.05) is 30.3 Å². The maximum atomic E-state index is 14.5. The van der Waals surface area contributed by atoms with Crippen LogP contribution in [0.25, 0.3) is 0 Å². The van der Waals surface area contributed by atoms with E-state index in [0.29, 0.717) is 24.8 Å². The lowest BCUT2D eigenvalue weighted by Gasteiger charge is -2.31. The van der Waals surface area contributed by atoms with E-state index in [0.717, 1.165) is 0 Å². The number of benzene rings is 1. The quantitative estimate of drug-likeness (QED) is 0.0203. The van der Waals surface area contributed by atoms with E-state index < -0.39 is 102 Å². The zero-order valence-electron chi connectivity index (χ0n) is 37.6. The summed E-state index contributed by atoms with van der Waals surface area (Å²) in [6.07, 6.45) is 0.455. The van der Waals surface area contributed by atoms with E-state index >= 15 is 0 Å². The van der Waals surface area contributed by atoms with Crippen molar-refractivity contribution >= 4 is 59.2 Å². The molecule has 7 amide bonds. The lowest BCUT2D eigenvalue weighted by molar-refractivity contribution is -0.143. The van der Waals surface area contributed by atoms with E-state index in [-0.39, 0.29) is 83.0 Å². The molecule has 1 aromatic carbocycles. The normalized spacial score (nSPS) is 16.4. The maximum Gasteiger partial charge on any atom is 0.325 e. The number of aliphatic carboxylic acids is 1. The third kappa shape index (κ3) is 19.6. The molecule has 1 aromatic rings. The Balaban J connectivity index is 2.39. The number of nitrogens with one attached hydrogen (secondary N) is 6. The molecule has 0 aliphatic carbocycles. The maximum absolute atomic E-state index is 14.5. The van der Waals surface area contributed by atoms with Gasteiger partial charge in [0.25, 0.3) is 0 Å². The lowest BCUT2D eigenvalue weighted by Crippen LogP contribution is -2.62. The first-order valence-corrected chi connectivity index (χ1v) is 21.9. The molecule has 0 aromatic heterocycles. The molecule has 0 radical (unpaired) electrons. The number of rotatable bonds is 29. The molecule has 20 N–H and O–H groups in total. The molecule has 1 aliphatic rings. The number of carbonyl (C=O) groups is 8. The van der Waals surface area contributed by atoms with Gasteiger partial charge in [0.1, 0.15) is 42.3 Å². The lowest BCUT2D eigenvalue weighted by atomic mass is 10.0. The van der Waals surface area contributed by atoms with Crippen LogP contribution < -0.4 is 66.3 Å². The zero-order chi connectivity index (χ0) is 49.3. The van der Waals surface area contributed by atoms with Gasteiger partial charge in [-0.25, -0.2) is 0 Å². The number of carboxylic acids is 1. The summed E-state index contributed by atoms with van der Waals surface area (Å²) in [5, 5.41) is 35.5. The van der Waals surface area contributed by atoms with Crippen LogP contribution in [0.5, 0.6) is 0 Å². The number of amides is 7. The monoisotopic (exact) mass is 932 g/mol. The first kappa shape index (κ1) is 55.5. The topological polar surface area (TPSA) is 433 Å². The summed E-state index contributed by atoms with van der Waals surface area (Å²) in [7, 11) is 0. The van der Waals surface area contributed by atoms with Crippen LogP contribution in [0.4, 0.5) is 0 Å². The zero-order valence-corrected chi connectivity index (χ0v) is 37.6. The third-order valence-corrected chi connectivity index (χ3v) is 10.5. The molecular weight excluding hydrogens is 863 g/mol. The van der Waals surface area contributed by atoms with Crippen molar-refractivity contribution in [3.05, 3.63) is 35.9 Å². The summed E-state index contributed by atoms with van der Waals surface area (Å²) < 4.78 is 0. The number of hydrogen-bond acceptors (Lipinski definition) is 13. The fourth-order valence-corrected chi connectivity index (χ4v) is 6.95. The summed E-state index contributed by atoms with van der Waals surface area (Å²) >= 11 is 0. The van der Waals surface area contributed by atoms with Crippen molar-refractivity contribution in [3.8, 4) is 0 Å². The highest BCUT2D eigenvalue weighted by Crippen LogP contribution is 2.21. The van der Waals surface area contributed by atoms with Gasteiger partial charge in [0, 0.05) is 26.1 Å². The van der Waals surface area contributed by atoms with Gasteiger partial charge in [-0.2, -0.15) is 0 Å². The molecule has 0 unspecified atom stereocenters. The highest BCUT2D eigenvalue weighted by atomic mass is 16.4. The second kappa shape index (κ2) is 29.0. The number of guanidine groups is 2. The van der Waals surface area contributed by atoms with E-state index in [1.807, 2.05) is 0 Å². The van der Waals surface area contributed by atoms with Crippen molar-refractivity contribution in [1.29, 1.82) is 0 Å². The Labute approximate surface area is 383 Å². The van der Waals surface area contributed by atoms with Crippen molar-refractivity contribution in [2.75, 3.05) is 32.7 Å². The molecule has 0 spiro atoms. The van der Waals surface area contributed by atoms with Crippen molar-refractivity contribution in [2.45, 2.75) is 126 Å². The molecule has 0 saturated carbocycles. The largest absolute Gasteiger partial charge is 0.480 e. The minimum atomic E-state index is -1.66. The van der Waals surface area contributed by atoms with Crippen LogP contribution in [0.15, 0.2) is 40.3 Å². The second-order valence-corrected chi connectivity index (χ2v) is 15.9. The molecule has 2 rings (SSSR count). The fraction of sp³-hybridized carbons (Fsp3) is 0.610. The average molecular weight is 932 g/mol. The molecule has 1 fully saturated rings. The molecule has 66 heavy (non-hydrogen) atoms. The summed E-state index contributed by atoms with van der Waals surface area (Å²) in [5.74, 6) is -6.99. The second-order valence-electron chi connectivity index (χ2n) is 15.9. The Bertz CT molecular complexity index is 1840. The van der Waals surface area contributed by atoms with Crippen LogP contribution in [-0.4, -0.2) is 155 Å². The molecule has 8 atom stereocenters. The number of likely N-dealkylation sites (tertiary alicyclic amines) is 1. The summed E-state index contributed by atoms with van der Waals surface area (Å²) in [6.45, 7) is 2.72. The number of nitrogens with zero attached hydrogens (tertiary/aromatic N) is 3. The minimum Gasteiger partial charge on any atom is -0.480 e. The van der Waals surface area contributed by atoms with E-state index in [4.69, 9.17) is 34.4 Å². The van der Waals surface area contributed by atoms with E-state index in [2.05, 4.69) is 41.9 Å². The third-order valence-electron chi connectivity index (χ3n) is 10.5. The van der Waals surface area contributed by atoms with Gasteiger partial charge in [-0.05, 0) is 83.7 Å². The molecule has 1 heterocycles. The van der Waals surface area contributed by atoms with Crippen molar-refractivity contribution in [1.82, 2.24) is 36.8 Å². The number of hydrogen-bond donors (Lipinski definition) is 14. The average Bonchev–Trinajstić information content (AvgIpc) is 3.77. The van der Waals surface area contributed by atoms with Crippen LogP contribution in [0.1, 0.15) is 77.2 Å². The van der Waals surface area contributed by atoms with Gasteiger partial charge >= 0.3 is 5.97 Å². The Morgan fingerprint density at radius 3 is 1.77 bits per heavy atom. The predicted molar refractivity (Wildman–Crippen MR) is 243 cm³/mol. The molecule has 25 nitrogen and oxygen atoms in total. The van der Waals surface area contributed by atoms with Gasteiger partial charge in [-0.15, -0.1) is 0 Å². The first-order valence-electron chi connectivity index (χ1n) is 21.9. The van der Waals surface area contributed by atoms with Crippen molar-refractivity contribution < 1.29 is 48.6 Å². The van der Waals surface area contributed by atoms with Gasteiger partial charge in [0.15, 0.2) is 11.9 Å². The van der Waals surface area contributed by atoms with Crippen LogP contribution in [0.3, 0.4) is 0 Å². The van der Waals surface area contributed by atoms with E-state index in [1.165, 1.54) is 18.7 Å². The van der Waals surface area contributed by atoms with Crippen molar-refractivity contribution in [2.24, 2.45) is 44.4 Å². The van der Waals surface area contributed by atoms with Crippen molar-refractivity contribution in [3.63, 3.8) is 0 Å². The SMILES string of the molecule is C[C@H](NC(=O)[C@H](CCCN=C(N)N)NC(=O)[C@@H]1CCCN1C(=O)[C@H](Cc1ccccc1)NC(=O)[C@@H](NC(=O)[C@H](CCCCN)NC(=O)[C@H](CCCN=C(N)N)NC(=O)CN)[C@@H](C)O)C(=O)O. The van der Waals surface area contributed by atoms with Crippen LogP contribution in [0.2, 0.25) is 0 Å².